The average Bonchev–Trinajstić information content (AvgIpc) is 2.91. The number of furan rings is 1. The minimum absolute atomic E-state index is 0.278. The summed E-state index contributed by atoms with van der Waals surface area (Å²) in [5, 5.41) is 10.7. The van der Waals surface area contributed by atoms with Gasteiger partial charge in [0.25, 0.3) is 0 Å². The highest BCUT2D eigenvalue weighted by atomic mass is 35.5. The minimum atomic E-state index is -0.538. The molecule has 0 fully saturated rings. The van der Waals surface area contributed by atoms with Gasteiger partial charge in [0.2, 0.25) is 0 Å². The molecule has 1 N–H and O–H groups in total. The van der Waals surface area contributed by atoms with E-state index in [1.165, 1.54) is 0 Å². The fourth-order valence-corrected chi connectivity index (χ4v) is 2.33. The molecular formula is C16H20ClNO3. The van der Waals surface area contributed by atoms with Gasteiger partial charge >= 0.3 is 0 Å². The van der Waals surface area contributed by atoms with E-state index in [-0.39, 0.29) is 6.61 Å². The summed E-state index contributed by atoms with van der Waals surface area (Å²) in [6.07, 6.45) is 1.07. The van der Waals surface area contributed by atoms with E-state index in [1.54, 1.807) is 6.26 Å². The molecule has 0 radical (unpaired) electrons. The van der Waals surface area contributed by atoms with Crippen molar-refractivity contribution in [1.82, 2.24) is 4.90 Å². The molecule has 4 nitrogen and oxygen atoms in total. The number of rotatable bonds is 8. The predicted octanol–water partition coefficient (Wildman–Crippen LogP) is 2.94. The molecule has 1 aromatic carbocycles. The number of aliphatic hydroxyl groups excluding tert-OH is 1. The summed E-state index contributed by atoms with van der Waals surface area (Å²) in [4.78, 5) is 2.03. The quantitative estimate of drug-likeness (QED) is 0.814. The van der Waals surface area contributed by atoms with E-state index in [9.17, 15) is 5.11 Å². The number of ether oxygens (including phenoxy) is 1. The average molecular weight is 310 g/mol. The Bertz CT molecular complexity index is 530. The van der Waals surface area contributed by atoms with Crippen LogP contribution in [0.4, 0.5) is 0 Å². The molecule has 0 amide bonds. The van der Waals surface area contributed by atoms with Gasteiger partial charge in [0.1, 0.15) is 12.4 Å². The number of nitrogens with zero attached hydrogens (tertiary/aromatic N) is 1. The number of halogens is 1. The van der Waals surface area contributed by atoms with E-state index in [0.29, 0.717) is 13.2 Å². The highest BCUT2D eigenvalue weighted by Gasteiger charge is 2.09. The van der Waals surface area contributed by atoms with E-state index in [0.717, 1.165) is 22.9 Å². The van der Waals surface area contributed by atoms with Crippen LogP contribution in [-0.2, 0) is 17.9 Å². The summed E-state index contributed by atoms with van der Waals surface area (Å²) < 4.78 is 10.6. The van der Waals surface area contributed by atoms with Crippen LogP contribution in [0.15, 0.2) is 47.1 Å². The van der Waals surface area contributed by atoms with Gasteiger partial charge in [-0.15, -0.1) is 0 Å². The van der Waals surface area contributed by atoms with Crippen molar-refractivity contribution in [3.05, 3.63) is 59.0 Å². The summed E-state index contributed by atoms with van der Waals surface area (Å²) in [6.45, 7) is 1.92. The maximum Gasteiger partial charge on any atom is 0.129 e. The smallest absolute Gasteiger partial charge is 0.129 e. The van der Waals surface area contributed by atoms with E-state index in [1.807, 2.05) is 48.3 Å². The molecular weight excluding hydrogens is 290 g/mol. The van der Waals surface area contributed by atoms with Gasteiger partial charge in [-0.3, -0.25) is 4.90 Å². The Morgan fingerprint density at radius 3 is 2.90 bits per heavy atom. The molecule has 1 heterocycles. The van der Waals surface area contributed by atoms with E-state index >= 15 is 0 Å². The molecule has 5 heteroatoms. The molecule has 0 aliphatic heterocycles. The van der Waals surface area contributed by atoms with Gasteiger partial charge in [-0.25, -0.2) is 0 Å². The zero-order valence-electron chi connectivity index (χ0n) is 12.0. The Morgan fingerprint density at radius 1 is 1.33 bits per heavy atom. The maximum atomic E-state index is 9.96. The van der Waals surface area contributed by atoms with Gasteiger partial charge in [0.15, 0.2) is 0 Å². The third-order valence-electron chi connectivity index (χ3n) is 3.00. The first-order valence-corrected chi connectivity index (χ1v) is 7.22. The minimum Gasteiger partial charge on any atom is -0.467 e. The Kier molecular flexibility index (Phi) is 6.26. The molecule has 2 rings (SSSR count). The second-order valence-electron chi connectivity index (χ2n) is 5.07. The maximum absolute atomic E-state index is 9.96. The Labute approximate surface area is 129 Å². The largest absolute Gasteiger partial charge is 0.467 e. The summed E-state index contributed by atoms with van der Waals surface area (Å²) in [5.41, 5.74) is 1.12. The summed E-state index contributed by atoms with van der Waals surface area (Å²) in [7, 11) is 1.96. The summed E-state index contributed by atoms with van der Waals surface area (Å²) in [6, 6.07) is 11.4. The highest BCUT2D eigenvalue weighted by molar-refractivity contribution is 6.30. The normalized spacial score (nSPS) is 12.8. The van der Waals surface area contributed by atoms with Gasteiger partial charge < -0.3 is 14.3 Å². The van der Waals surface area contributed by atoms with Crippen molar-refractivity contribution in [3.8, 4) is 0 Å². The monoisotopic (exact) mass is 309 g/mol. The van der Waals surface area contributed by atoms with Gasteiger partial charge in [-0.05, 0) is 36.9 Å². The fraction of sp³-hybridized carbons (Fsp3) is 0.375. The third-order valence-corrected chi connectivity index (χ3v) is 3.23. The predicted molar refractivity (Wildman–Crippen MR) is 82.2 cm³/mol. The molecule has 0 bridgehead atoms. The molecule has 114 valence electrons. The lowest BCUT2D eigenvalue weighted by molar-refractivity contribution is 0.00768. The van der Waals surface area contributed by atoms with Crippen molar-refractivity contribution in [2.45, 2.75) is 19.3 Å². The van der Waals surface area contributed by atoms with E-state index in [2.05, 4.69) is 0 Å². The number of likely N-dealkylation sites (N-methyl/N-ethyl adjacent to an activating group) is 1. The van der Waals surface area contributed by atoms with Crippen molar-refractivity contribution >= 4 is 11.6 Å². The second-order valence-corrected chi connectivity index (χ2v) is 5.51. The molecule has 0 aliphatic carbocycles. The summed E-state index contributed by atoms with van der Waals surface area (Å²) >= 11 is 5.95. The van der Waals surface area contributed by atoms with Crippen molar-refractivity contribution < 1.29 is 14.3 Å². The SMILES string of the molecule is CN(Cc1cccc(Cl)c1)CC(O)COCc1ccco1. The molecule has 2 aromatic rings. The van der Waals surface area contributed by atoms with Crippen LogP contribution in [-0.4, -0.2) is 36.3 Å². The highest BCUT2D eigenvalue weighted by Crippen LogP contribution is 2.12. The lowest BCUT2D eigenvalue weighted by Gasteiger charge is -2.20. The van der Waals surface area contributed by atoms with Crippen LogP contribution in [0.3, 0.4) is 0 Å². The van der Waals surface area contributed by atoms with Gasteiger partial charge in [-0.2, -0.15) is 0 Å². The van der Waals surface area contributed by atoms with Crippen molar-refractivity contribution in [2.75, 3.05) is 20.2 Å². The molecule has 21 heavy (non-hydrogen) atoms. The first-order chi connectivity index (χ1) is 10.1. The van der Waals surface area contributed by atoms with Crippen LogP contribution in [0, 0.1) is 0 Å². The summed E-state index contributed by atoms with van der Waals surface area (Å²) in [5.74, 6) is 0.759. The lowest BCUT2D eigenvalue weighted by Crippen LogP contribution is -2.31. The van der Waals surface area contributed by atoms with Gasteiger partial charge in [0.05, 0.1) is 19.0 Å². The third kappa shape index (κ3) is 5.89. The number of aliphatic hydroxyl groups is 1. The van der Waals surface area contributed by atoms with Crippen molar-refractivity contribution in [3.63, 3.8) is 0 Å². The van der Waals surface area contributed by atoms with Crippen LogP contribution >= 0.6 is 11.6 Å². The van der Waals surface area contributed by atoms with Crippen molar-refractivity contribution in [2.24, 2.45) is 0 Å². The Balaban J connectivity index is 1.68. The molecule has 1 unspecified atom stereocenters. The lowest BCUT2D eigenvalue weighted by atomic mass is 10.2. The molecule has 1 atom stereocenters. The van der Waals surface area contributed by atoms with E-state index in [4.69, 9.17) is 20.8 Å². The van der Waals surface area contributed by atoms with Crippen LogP contribution in [0.25, 0.3) is 0 Å². The van der Waals surface area contributed by atoms with Crippen molar-refractivity contribution in [1.29, 1.82) is 0 Å². The van der Waals surface area contributed by atoms with Crippen LogP contribution in [0.5, 0.6) is 0 Å². The molecule has 1 aromatic heterocycles. The first kappa shape index (κ1) is 16.0. The molecule has 0 saturated carbocycles. The number of hydrogen-bond acceptors (Lipinski definition) is 4. The van der Waals surface area contributed by atoms with Gasteiger partial charge in [-0.1, -0.05) is 23.7 Å². The van der Waals surface area contributed by atoms with E-state index < -0.39 is 6.10 Å². The number of benzene rings is 1. The molecule has 0 spiro atoms. The van der Waals surface area contributed by atoms with Crippen LogP contribution < -0.4 is 0 Å². The zero-order chi connectivity index (χ0) is 15.1. The molecule has 0 aliphatic rings. The second kappa shape index (κ2) is 8.20. The molecule has 0 saturated heterocycles. The van der Waals surface area contributed by atoms with Crippen LogP contribution in [0.2, 0.25) is 5.02 Å². The van der Waals surface area contributed by atoms with Crippen LogP contribution in [0.1, 0.15) is 11.3 Å². The standard InChI is InChI=1S/C16H20ClNO3/c1-18(9-13-4-2-5-14(17)8-13)10-15(19)11-20-12-16-6-3-7-21-16/h2-8,15,19H,9-12H2,1H3. The van der Waals surface area contributed by atoms with Gasteiger partial charge in [0, 0.05) is 18.1 Å². The fourth-order valence-electron chi connectivity index (χ4n) is 2.11. The Morgan fingerprint density at radius 2 is 2.19 bits per heavy atom. The number of hydrogen-bond donors (Lipinski definition) is 1. The zero-order valence-corrected chi connectivity index (χ0v) is 12.8. The topological polar surface area (TPSA) is 45.8 Å². The Hall–Kier alpha value is -1.33. The first-order valence-electron chi connectivity index (χ1n) is 6.84.